The summed E-state index contributed by atoms with van der Waals surface area (Å²) >= 11 is 0. The number of methoxy groups -OCH3 is 2. The summed E-state index contributed by atoms with van der Waals surface area (Å²) < 4.78 is 16.0. The SMILES string of the molecule is COc1cc(OC)cc(C(=O)NC[C@H]2CCCN(C(=O)c3oc(C)cc3C)C2)c1. The average Bonchev–Trinajstić information content (AvgIpc) is 3.08. The summed E-state index contributed by atoms with van der Waals surface area (Å²) in [6.07, 6.45) is 1.86. The van der Waals surface area contributed by atoms with Crippen LogP contribution in [0.15, 0.2) is 28.7 Å². The third kappa shape index (κ3) is 4.91. The molecule has 7 heteroatoms. The molecule has 0 radical (unpaired) electrons. The first-order chi connectivity index (χ1) is 13.9. The Balaban J connectivity index is 1.60. The summed E-state index contributed by atoms with van der Waals surface area (Å²) in [4.78, 5) is 27.2. The van der Waals surface area contributed by atoms with Gasteiger partial charge in [-0.3, -0.25) is 9.59 Å². The molecule has 0 aliphatic carbocycles. The van der Waals surface area contributed by atoms with Crippen LogP contribution < -0.4 is 14.8 Å². The van der Waals surface area contributed by atoms with Gasteiger partial charge in [-0.05, 0) is 50.8 Å². The van der Waals surface area contributed by atoms with Crippen LogP contribution in [0, 0.1) is 19.8 Å². The first kappa shape index (κ1) is 20.8. The van der Waals surface area contributed by atoms with Crippen LogP contribution in [0.25, 0.3) is 0 Å². The van der Waals surface area contributed by atoms with Crippen molar-refractivity contribution in [1.82, 2.24) is 10.2 Å². The molecule has 1 saturated heterocycles. The van der Waals surface area contributed by atoms with Gasteiger partial charge in [0, 0.05) is 36.8 Å². The van der Waals surface area contributed by atoms with E-state index in [1.54, 1.807) is 32.4 Å². The maximum Gasteiger partial charge on any atom is 0.289 e. The number of aryl methyl sites for hydroxylation is 2. The van der Waals surface area contributed by atoms with Gasteiger partial charge in [0.15, 0.2) is 5.76 Å². The Hall–Kier alpha value is -2.96. The van der Waals surface area contributed by atoms with Gasteiger partial charge >= 0.3 is 0 Å². The predicted octanol–water partition coefficient (Wildman–Crippen LogP) is 3.20. The quantitative estimate of drug-likeness (QED) is 0.805. The molecule has 0 saturated carbocycles. The van der Waals surface area contributed by atoms with Crippen molar-refractivity contribution >= 4 is 11.8 Å². The summed E-state index contributed by atoms with van der Waals surface area (Å²) in [6.45, 7) is 5.52. The second-order valence-corrected chi connectivity index (χ2v) is 7.44. The van der Waals surface area contributed by atoms with Crippen molar-refractivity contribution in [2.45, 2.75) is 26.7 Å². The fourth-order valence-electron chi connectivity index (χ4n) is 3.69. The van der Waals surface area contributed by atoms with Gasteiger partial charge in [0.1, 0.15) is 17.3 Å². The van der Waals surface area contributed by atoms with E-state index in [2.05, 4.69) is 5.32 Å². The van der Waals surface area contributed by atoms with E-state index >= 15 is 0 Å². The number of furan rings is 1. The highest BCUT2D eigenvalue weighted by Crippen LogP contribution is 2.24. The van der Waals surface area contributed by atoms with Crippen molar-refractivity contribution in [3.05, 3.63) is 46.9 Å². The lowest BCUT2D eigenvalue weighted by Crippen LogP contribution is -2.43. The van der Waals surface area contributed by atoms with Crippen LogP contribution in [-0.2, 0) is 0 Å². The number of benzene rings is 1. The molecule has 3 rings (SSSR count). The largest absolute Gasteiger partial charge is 0.497 e. The zero-order chi connectivity index (χ0) is 21.0. The van der Waals surface area contributed by atoms with Gasteiger partial charge in [-0.2, -0.15) is 0 Å². The zero-order valence-corrected chi connectivity index (χ0v) is 17.4. The number of rotatable bonds is 6. The van der Waals surface area contributed by atoms with Gasteiger partial charge in [0.2, 0.25) is 0 Å². The van der Waals surface area contributed by atoms with Crippen molar-refractivity contribution in [2.75, 3.05) is 33.9 Å². The van der Waals surface area contributed by atoms with E-state index in [0.717, 1.165) is 24.2 Å². The second-order valence-electron chi connectivity index (χ2n) is 7.44. The molecule has 2 aromatic rings. The minimum absolute atomic E-state index is 0.0795. The van der Waals surface area contributed by atoms with Crippen molar-refractivity contribution in [3.8, 4) is 11.5 Å². The molecule has 1 aliphatic heterocycles. The molecular weight excluding hydrogens is 372 g/mol. The molecule has 7 nitrogen and oxygen atoms in total. The Labute approximate surface area is 171 Å². The van der Waals surface area contributed by atoms with Crippen LogP contribution in [0.5, 0.6) is 11.5 Å². The summed E-state index contributed by atoms with van der Waals surface area (Å²) in [5, 5.41) is 2.97. The fraction of sp³-hybridized carbons (Fsp3) is 0.455. The van der Waals surface area contributed by atoms with Crippen LogP contribution in [-0.4, -0.2) is 50.6 Å². The molecule has 2 heterocycles. The van der Waals surface area contributed by atoms with Crippen molar-refractivity contribution < 1.29 is 23.5 Å². The van der Waals surface area contributed by atoms with Crippen molar-refractivity contribution in [1.29, 1.82) is 0 Å². The Morgan fingerprint density at radius 3 is 2.41 bits per heavy atom. The molecule has 2 amide bonds. The van der Waals surface area contributed by atoms with E-state index in [-0.39, 0.29) is 17.7 Å². The first-order valence-corrected chi connectivity index (χ1v) is 9.79. The number of carbonyl (C=O) groups is 2. The highest BCUT2D eigenvalue weighted by Gasteiger charge is 2.27. The Morgan fingerprint density at radius 1 is 1.14 bits per heavy atom. The Bertz CT molecular complexity index is 867. The lowest BCUT2D eigenvalue weighted by atomic mass is 9.97. The van der Waals surface area contributed by atoms with Gasteiger partial charge in [0.05, 0.1) is 14.2 Å². The van der Waals surface area contributed by atoms with E-state index in [1.807, 2.05) is 24.8 Å². The molecule has 1 fully saturated rings. The number of nitrogens with one attached hydrogen (secondary N) is 1. The fourth-order valence-corrected chi connectivity index (χ4v) is 3.69. The van der Waals surface area contributed by atoms with E-state index in [0.29, 0.717) is 42.5 Å². The third-order valence-electron chi connectivity index (χ3n) is 5.21. The molecule has 1 atom stereocenters. The molecular formula is C22H28N2O5. The van der Waals surface area contributed by atoms with Crippen LogP contribution >= 0.6 is 0 Å². The number of hydrogen-bond donors (Lipinski definition) is 1. The van der Waals surface area contributed by atoms with Crippen molar-refractivity contribution in [3.63, 3.8) is 0 Å². The first-order valence-electron chi connectivity index (χ1n) is 9.79. The monoisotopic (exact) mass is 400 g/mol. The molecule has 0 spiro atoms. The average molecular weight is 400 g/mol. The van der Waals surface area contributed by atoms with Crippen LogP contribution in [0.1, 0.15) is 45.1 Å². The van der Waals surface area contributed by atoms with Crippen LogP contribution in [0.3, 0.4) is 0 Å². The number of carbonyl (C=O) groups excluding carboxylic acids is 2. The summed E-state index contributed by atoms with van der Waals surface area (Å²) in [7, 11) is 3.10. The van der Waals surface area contributed by atoms with Gasteiger partial charge in [-0.1, -0.05) is 0 Å². The molecule has 1 aliphatic rings. The van der Waals surface area contributed by atoms with Gasteiger partial charge in [0.25, 0.3) is 11.8 Å². The number of amides is 2. The molecule has 1 N–H and O–H groups in total. The van der Waals surface area contributed by atoms with Gasteiger partial charge in [-0.15, -0.1) is 0 Å². The van der Waals surface area contributed by atoms with Crippen molar-refractivity contribution in [2.24, 2.45) is 5.92 Å². The standard InChI is InChI=1S/C22H28N2O5/c1-14-8-15(2)29-20(14)22(26)24-7-5-6-16(13-24)12-23-21(25)17-9-18(27-3)11-19(10-17)28-4/h8-11,16H,5-7,12-13H2,1-4H3,(H,23,25)/t16-/m1/s1. The highest BCUT2D eigenvalue weighted by atomic mass is 16.5. The third-order valence-corrected chi connectivity index (χ3v) is 5.21. The molecule has 0 bridgehead atoms. The zero-order valence-electron chi connectivity index (χ0n) is 17.4. The highest BCUT2D eigenvalue weighted by molar-refractivity contribution is 5.95. The molecule has 29 heavy (non-hydrogen) atoms. The Kier molecular flexibility index (Phi) is 6.46. The maximum atomic E-state index is 12.8. The van der Waals surface area contributed by atoms with E-state index < -0.39 is 0 Å². The number of nitrogens with zero attached hydrogens (tertiary/aromatic N) is 1. The minimum atomic E-state index is -0.192. The van der Waals surface area contributed by atoms with Gasteiger partial charge in [-0.25, -0.2) is 0 Å². The van der Waals surface area contributed by atoms with Gasteiger partial charge < -0.3 is 24.1 Å². The summed E-state index contributed by atoms with van der Waals surface area (Å²) in [6, 6.07) is 6.95. The lowest BCUT2D eigenvalue weighted by molar-refractivity contribution is 0.0637. The number of ether oxygens (including phenoxy) is 2. The lowest BCUT2D eigenvalue weighted by Gasteiger charge is -2.32. The minimum Gasteiger partial charge on any atom is -0.497 e. The number of likely N-dealkylation sites (tertiary alicyclic amines) is 1. The van der Waals surface area contributed by atoms with E-state index in [9.17, 15) is 9.59 Å². The summed E-state index contributed by atoms with van der Waals surface area (Å²) in [5.74, 6) is 2.20. The van der Waals surface area contributed by atoms with E-state index in [1.165, 1.54) is 0 Å². The maximum absolute atomic E-state index is 12.8. The summed E-state index contributed by atoms with van der Waals surface area (Å²) in [5.41, 5.74) is 1.33. The molecule has 156 valence electrons. The number of piperidine rings is 1. The van der Waals surface area contributed by atoms with Crippen LogP contribution in [0.4, 0.5) is 0 Å². The smallest absolute Gasteiger partial charge is 0.289 e. The molecule has 1 aromatic carbocycles. The molecule has 0 unspecified atom stereocenters. The second kappa shape index (κ2) is 9.03. The number of hydrogen-bond acceptors (Lipinski definition) is 5. The normalized spacial score (nSPS) is 16.4. The Morgan fingerprint density at radius 2 is 1.83 bits per heavy atom. The van der Waals surface area contributed by atoms with E-state index in [4.69, 9.17) is 13.9 Å². The van der Waals surface area contributed by atoms with Crippen LogP contribution in [0.2, 0.25) is 0 Å². The predicted molar refractivity (Wildman–Crippen MR) is 109 cm³/mol. The molecule has 1 aromatic heterocycles. The topological polar surface area (TPSA) is 81.0 Å².